The largest absolute Gasteiger partial charge is 0.460 e. The highest BCUT2D eigenvalue weighted by Gasteiger charge is 2.46. The summed E-state index contributed by atoms with van der Waals surface area (Å²) < 4.78 is 23.0. The molecule has 11 heteroatoms. The standard InChI is InChI=1S/C55H57NO10/c1-31(22-48(59)65-54(2,3)4)45(57)26-33-24-35-28-34-23-32(20-21-36(34)51-41-18-12-13-19-42(41)52(61)64-47(27-33)50(35)51)25-46(58)44(29-49(60)66-55(5,6)7)56-53(62)63-30-43-39-16-10-8-14-37(39)38-15-9-11-17-40(38)43/h8-21,23-24,27,31,43-44,47,50-51H,22,25-26,28-30H2,1-7H3,(H,56,62)/t31-,44-,47?,50?,51?/m0/s1. The Hall–Kier alpha value is -6.62. The predicted molar refractivity (Wildman–Crippen MR) is 248 cm³/mol. The summed E-state index contributed by atoms with van der Waals surface area (Å²) >= 11 is 0. The number of nitrogens with one attached hydrogen (secondary N) is 1. The first-order valence-electron chi connectivity index (χ1n) is 22.7. The number of hydrogen-bond donors (Lipinski definition) is 1. The van der Waals surface area contributed by atoms with Gasteiger partial charge in [0.05, 0.1) is 18.4 Å². The van der Waals surface area contributed by atoms with Crippen molar-refractivity contribution in [2.24, 2.45) is 11.8 Å². The van der Waals surface area contributed by atoms with E-state index < -0.39 is 65.5 Å². The van der Waals surface area contributed by atoms with Gasteiger partial charge in [0.1, 0.15) is 35.7 Å². The topological polar surface area (TPSA) is 151 Å². The van der Waals surface area contributed by atoms with Gasteiger partial charge >= 0.3 is 24.0 Å². The summed E-state index contributed by atoms with van der Waals surface area (Å²) in [7, 11) is 0. The Bertz CT molecular complexity index is 2630. The lowest BCUT2D eigenvalue weighted by Crippen LogP contribution is -2.44. The first-order valence-corrected chi connectivity index (χ1v) is 22.7. The number of allylic oxidation sites excluding steroid dienone is 2. The van der Waals surface area contributed by atoms with E-state index in [1.165, 1.54) is 0 Å². The number of benzene rings is 4. The quantitative estimate of drug-likeness (QED) is 0.102. The van der Waals surface area contributed by atoms with Crippen molar-refractivity contribution in [3.8, 4) is 11.1 Å². The van der Waals surface area contributed by atoms with Crippen molar-refractivity contribution < 1.29 is 47.7 Å². The van der Waals surface area contributed by atoms with Gasteiger partial charge in [0.2, 0.25) is 0 Å². The molecule has 0 radical (unpaired) electrons. The Labute approximate surface area is 385 Å². The summed E-state index contributed by atoms with van der Waals surface area (Å²) in [5.74, 6) is -3.36. The molecule has 0 spiro atoms. The molecule has 1 heterocycles. The predicted octanol–water partition coefficient (Wildman–Crippen LogP) is 9.47. The Balaban J connectivity index is 1.03. The minimum absolute atomic E-state index is 0.0346. The number of fused-ring (bicyclic) bond motifs is 7. The van der Waals surface area contributed by atoms with Crippen LogP contribution in [0.2, 0.25) is 0 Å². The van der Waals surface area contributed by atoms with Crippen molar-refractivity contribution in [2.75, 3.05) is 6.61 Å². The first kappa shape index (κ1) is 45.9. The van der Waals surface area contributed by atoms with Crippen molar-refractivity contribution in [1.82, 2.24) is 5.32 Å². The molecule has 11 nitrogen and oxygen atoms in total. The summed E-state index contributed by atoms with van der Waals surface area (Å²) in [4.78, 5) is 80.9. The van der Waals surface area contributed by atoms with Gasteiger partial charge in [-0.25, -0.2) is 9.59 Å². The summed E-state index contributed by atoms with van der Waals surface area (Å²) in [6.45, 7) is 12.3. The van der Waals surface area contributed by atoms with Gasteiger partial charge in [-0.15, -0.1) is 0 Å². The second-order valence-corrected chi connectivity index (χ2v) is 19.9. The van der Waals surface area contributed by atoms with Crippen LogP contribution < -0.4 is 5.32 Å². The van der Waals surface area contributed by atoms with E-state index in [-0.39, 0.29) is 49.4 Å². The van der Waals surface area contributed by atoms with Crippen LogP contribution in [0.4, 0.5) is 4.79 Å². The highest BCUT2D eigenvalue weighted by Crippen LogP contribution is 2.51. The van der Waals surface area contributed by atoms with E-state index in [1.807, 2.05) is 91.0 Å². The van der Waals surface area contributed by atoms with Crippen LogP contribution in [0.3, 0.4) is 0 Å². The molecule has 0 aromatic heterocycles. The maximum absolute atomic E-state index is 14.3. The maximum atomic E-state index is 14.3. The number of ether oxygens (including phenoxy) is 4. The lowest BCUT2D eigenvalue weighted by molar-refractivity contribution is -0.157. The van der Waals surface area contributed by atoms with Gasteiger partial charge in [-0.2, -0.15) is 0 Å². The number of hydrogen-bond acceptors (Lipinski definition) is 10. The molecule has 4 aliphatic rings. The Kier molecular flexibility index (Phi) is 12.8. The van der Waals surface area contributed by atoms with Crippen molar-refractivity contribution in [1.29, 1.82) is 0 Å². The summed E-state index contributed by atoms with van der Waals surface area (Å²) in [6.07, 6.45) is 2.39. The Morgan fingerprint density at radius 3 is 1.94 bits per heavy atom. The highest BCUT2D eigenvalue weighted by molar-refractivity contribution is 5.94. The van der Waals surface area contributed by atoms with Crippen LogP contribution in [0, 0.1) is 11.8 Å². The summed E-state index contributed by atoms with van der Waals surface area (Å²) in [6, 6.07) is 28.0. The zero-order chi connectivity index (χ0) is 47.1. The zero-order valence-electron chi connectivity index (χ0n) is 38.6. The summed E-state index contributed by atoms with van der Waals surface area (Å²) in [5, 5.41) is 2.70. The molecular formula is C55H57NO10. The van der Waals surface area contributed by atoms with E-state index in [1.54, 1.807) is 60.6 Å². The minimum atomic E-state index is -1.24. The lowest BCUT2D eigenvalue weighted by atomic mass is 9.64. The molecule has 0 fully saturated rings. The highest BCUT2D eigenvalue weighted by atomic mass is 16.6. The molecule has 3 unspecified atom stereocenters. The fourth-order valence-electron chi connectivity index (χ4n) is 9.86. The monoisotopic (exact) mass is 891 g/mol. The third-order valence-electron chi connectivity index (χ3n) is 12.6. The Morgan fingerprint density at radius 2 is 1.30 bits per heavy atom. The van der Waals surface area contributed by atoms with Crippen molar-refractivity contribution >= 4 is 35.6 Å². The minimum Gasteiger partial charge on any atom is -0.460 e. The molecule has 5 atom stereocenters. The van der Waals surface area contributed by atoms with Crippen molar-refractivity contribution in [2.45, 2.75) is 116 Å². The van der Waals surface area contributed by atoms with E-state index in [0.29, 0.717) is 23.1 Å². The third-order valence-corrected chi connectivity index (χ3v) is 12.6. The van der Waals surface area contributed by atoms with E-state index in [4.69, 9.17) is 18.9 Å². The number of alkyl carbamates (subject to hydrolysis) is 1. The van der Waals surface area contributed by atoms with Gasteiger partial charge in [0.25, 0.3) is 0 Å². The fraction of sp³-hybridized carbons (Fsp3) is 0.382. The van der Waals surface area contributed by atoms with E-state index in [0.717, 1.165) is 44.5 Å². The van der Waals surface area contributed by atoms with Gasteiger partial charge in [-0.3, -0.25) is 19.2 Å². The second-order valence-electron chi connectivity index (χ2n) is 19.9. The van der Waals surface area contributed by atoms with Crippen LogP contribution in [-0.4, -0.2) is 65.5 Å². The lowest BCUT2D eigenvalue weighted by Gasteiger charge is -2.40. The van der Waals surface area contributed by atoms with Crippen LogP contribution in [0.15, 0.2) is 114 Å². The number of carbonyl (C=O) groups excluding carboxylic acids is 6. The number of esters is 3. The molecule has 0 saturated heterocycles. The number of rotatable bonds is 13. The smallest absolute Gasteiger partial charge is 0.407 e. The molecule has 4 aromatic carbocycles. The SMILES string of the molecule is C[C@@H](CC(=O)OC(C)(C)C)C(=O)CC1=CC2OC(=O)c3ccccc3C3c4ccc(CC(=O)[C@H](CC(=O)OC(C)(C)C)NC(=O)OCC5c6ccccc6-c6ccccc65)cc4CC(=C1)C23. The van der Waals surface area contributed by atoms with E-state index >= 15 is 0 Å². The molecule has 0 bridgehead atoms. The van der Waals surface area contributed by atoms with Gasteiger partial charge in [-0.1, -0.05) is 104 Å². The van der Waals surface area contributed by atoms with Crippen LogP contribution in [0.1, 0.15) is 123 Å². The molecule has 342 valence electrons. The molecule has 1 N–H and O–H groups in total. The summed E-state index contributed by atoms with van der Waals surface area (Å²) in [5.41, 5.74) is 8.34. The second kappa shape index (κ2) is 18.3. The number of carbonyl (C=O) groups is 6. The third kappa shape index (κ3) is 10.1. The Morgan fingerprint density at radius 1 is 0.712 bits per heavy atom. The van der Waals surface area contributed by atoms with E-state index in [9.17, 15) is 28.8 Å². The average molecular weight is 892 g/mol. The van der Waals surface area contributed by atoms with Gasteiger partial charge in [-0.05, 0) is 110 Å². The maximum Gasteiger partial charge on any atom is 0.407 e. The van der Waals surface area contributed by atoms with E-state index in [2.05, 4.69) is 5.32 Å². The average Bonchev–Trinajstić information content (AvgIpc) is 3.49. The molecule has 66 heavy (non-hydrogen) atoms. The van der Waals surface area contributed by atoms with Crippen LogP contribution in [-0.2, 0) is 51.0 Å². The zero-order valence-corrected chi connectivity index (χ0v) is 38.6. The normalized spacial score (nSPS) is 19.1. The van der Waals surface area contributed by atoms with Crippen molar-refractivity contribution in [3.05, 3.63) is 153 Å². The molecular weight excluding hydrogens is 835 g/mol. The van der Waals surface area contributed by atoms with Crippen LogP contribution in [0.25, 0.3) is 11.1 Å². The van der Waals surface area contributed by atoms with Crippen molar-refractivity contribution in [3.63, 3.8) is 0 Å². The molecule has 1 aliphatic heterocycles. The fourth-order valence-corrected chi connectivity index (χ4v) is 9.86. The molecule has 4 aromatic rings. The molecule has 8 rings (SSSR count). The number of ketones is 2. The molecule has 3 aliphatic carbocycles. The number of Topliss-reactive ketones (excluding diaryl/α,β-unsaturated/α-hetero) is 2. The van der Waals surface area contributed by atoms with Gasteiger partial charge in [0, 0.05) is 36.5 Å². The van der Waals surface area contributed by atoms with Gasteiger partial charge < -0.3 is 24.3 Å². The molecule has 1 amide bonds. The van der Waals surface area contributed by atoms with Crippen LogP contribution >= 0.6 is 0 Å². The van der Waals surface area contributed by atoms with Gasteiger partial charge in [0.15, 0.2) is 5.78 Å². The number of amides is 1. The molecule has 0 saturated carbocycles. The van der Waals surface area contributed by atoms with Crippen LogP contribution in [0.5, 0.6) is 0 Å². The first-order chi connectivity index (χ1) is 31.3.